The predicted molar refractivity (Wildman–Crippen MR) is 75.6 cm³/mol. The quantitative estimate of drug-likeness (QED) is 0.258. The lowest BCUT2D eigenvalue weighted by atomic mass is 10.4. The van der Waals surface area contributed by atoms with Crippen LogP contribution in [-0.4, -0.2) is 33.9 Å². The zero-order chi connectivity index (χ0) is 11.5. The van der Waals surface area contributed by atoms with Crippen LogP contribution >= 0.6 is 45.2 Å². The number of ether oxygens (including phenoxy) is 1. The third-order valence-electron chi connectivity index (χ3n) is 1.55. The van der Waals surface area contributed by atoms with Gasteiger partial charge in [0.25, 0.3) is 0 Å². The number of carbonyl (C=O) groups excluding carboxylic acids is 2. The summed E-state index contributed by atoms with van der Waals surface area (Å²) in [6, 6.07) is 0. The fourth-order valence-electron chi connectivity index (χ4n) is 0.802. The number of carbonyl (C=O) groups is 2. The first-order valence-electron chi connectivity index (χ1n) is 4.75. The highest BCUT2D eigenvalue weighted by Crippen LogP contribution is 1.94. The Balaban J connectivity index is 3.20. The molecular weight excluding hydrogens is 424 g/mol. The zero-order valence-electron chi connectivity index (χ0n) is 8.43. The molecule has 0 atom stereocenters. The molecule has 0 saturated carbocycles. The van der Waals surface area contributed by atoms with E-state index < -0.39 is 0 Å². The van der Waals surface area contributed by atoms with E-state index in [1.807, 2.05) is 0 Å². The minimum absolute atomic E-state index is 0.0145. The summed E-state index contributed by atoms with van der Waals surface area (Å²) in [4.78, 5) is 21.7. The lowest BCUT2D eigenvalue weighted by Crippen LogP contribution is -2.25. The number of amides is 1. The van der Waals surface area contributed by atoms with Crippen LogP contribution in [0.1, 0.15) is 19.3 Å². The molecule has 4 nitrogen and oxygen atoms in total. The van der Waals surface area contributed by atoms with Gasteiger partial charge in [-0.2, -0.15) is 0 Å². The predicted octanol–water partition coefficient (Wildman–Crippen LogP) is 1.69. The van der Waals surface area contributed by atoms with Gasteiger partial charge in [-0.1, -0.05) is 22.6 Å². The van der Waals surface area contributed by atoms with Gasteiger partial charge in [0.2, 0.25) is 5.91 Å². The van der Waals surface area contributed by atoms with Crippen LogP contribution in [0.25, 0.3) is 0 Å². The highest BCUT2D eigenvalue weighted by Gasteiger charge is 2.00. The number of hydrogen-bond acceptors (Lipinski definition) is 3. The molecule has 0 aromatic rings. The highest BCUT2D eigenvalue weighted by molar-refractivity contribution is 14.1. The van der Waals surface area contributed by atoms with E-state index in [1.165, 1.54) is 0 Å². The number of rotatable bonds is 9. The van der Waals surface area contributed by atoms with Crippen LogP contribution in [0, 0.1) is 0 Å². The van der Waals surface area contributed by atoms with Gasteiger partial charge in [0, 0.05) is 23.8 Å². The highest BCUT2D eigenvalue weighted by atomic mass is 127. The number of halogens is 2. The standard InChI is InChI=1S/C9H15I2NO3/c10-4-1-5-12-9(14)3-7-15-6-2-8(11)13/h1-7H2,(H,12,14). The van der Waals surface area contributed by atoms with Gasteiger partial charge in [0.15, 0.2) is 3.79 Å². The van der Waals surface area contributed by atoms with Crippen molar-refractivity contribution in [2.45, 2.75) is 19.3 Å². The lowest BCUT2D eigenvalue weighted by molar-refractivity contribution is -0.122. The molecule has 0 aliphatic carbocycles. The van der Waals surface area contributed by atoms with Crippen molar-refractivity contribution >= 4 is 54.9 Å². The second-order valence-electron chi connectivity index (χ2n) is 2.86. The van der Waals surface area contributed by atoms with E-state index in [0.29, 0.717) is 26.1 Å². The van der Waals surface area contributed by atoms with Crippen molar-refractivity contribution in [3.05, 3.63) is 0 Å². The van der Waals surface area contributed by atoms with Crippen LogP contribution in [0.15, 0.2) is 0 Å². The number of hydrogen-bond donors (Lipinski definition) is 1. The molecule has 0 fully saturated rings. The molecule has 0 rings (SSSR count). The van der Waals surface area contributed by atoms with Crippen molar-refractivity contribution < 1.29 is 14.3 Å². The molecule has 6 heteroatoms. The molecule has 0 bridgehead atoms. The van der Waals surface area contributed by atoms with E-state index in [4.69, 9.17) is 4.74 Å². The van der Waals surface area contributed by atoms with Gasteiger partial charge >= 0.3 is 0 Å². The first kappa shape index (κ1) is 15.6. The van der Waals surface area contributed by atoms with Crippen molar-refractivity contribution in [3.8, 4) is 0 Å². The average molecular weight is 439 g/mol. The Morgan fingerprint density at radius 2 is 1.87 bits per heavy atom. The van der Waals surface area contributed by atoms with Crippen LogP contribution < -0.4 is 5.32 Å². The summed E-state index contributed by atoms with van der Waals surface area (Å²) < 4.78 is 6.26. The molecule has 0 heterocycles. The van der Waals surface area contributed by atoms with Crippen LogP contribution in [0.5, 0.6) is 0 Å². The Morgan fingerprint density at radius 3 is 2.47 bits per heavy atom. The van der Waals surface area contributed by atoms with E-state index in [-0.39, 0.29) is 9.70 Å². The molecule has 0 aromatic heterocycles. The van der Waals surface area contributed by atoms with E-state index in [2.05, 4.69) is 27.9 Å². The van der Waals surface area contributed by atoms with Gasteiger partial charge in [-0.25, -0.2) is 0 Å². The first-order valence-corrected chi connectivity index (χ1v) is 7.36. The molecule has 0 spiro atoms. The molecule has 15 heavy (non-hydrogen) atoms. The van der Waals surface area contributed by atoms with E-state index in [9.17, 15) is 9.59 Å². The van der Waals surface area contributed by atoms with Gasteiger partial charge in [-0.05, 0) is 29.0 Å². The van der Waals surface area contributed by atoms with E-state index in [1.54, 1.807) is 22.6 Å². The van der Waals surface area contributed by atoms with E-state index >= 15 is 0 Å². The van der Waals surface area contributed by atoms with Crippen molar-refractivity contribution in [3.63, 3.8) is 0 Å². The molecule has 1 N–H and O–H groups in total. The Labute approximate surface area is 117 Å². The Kier molecular flexibility index (Phi) is 11.5. The minimum Gasteiger partial charge on any atom is -0.380 e. The summed E-state index contributed by atoms with van der Waals surface area (Å²) in [7, 11) is 0. The monoisotopic (exact) mass is 439 g/mol. The van der Waals surface area contributed by atoms with Gasteiger partial charge < -0.3 is 10.1 Å². The minimum atomic E-state index is 0.0145. The number of nitrogens with one attached hydrogen (secondary N) is 1. The Bertz CT molecular complexity index is 200. The van der Waals surface area contributed by atoms with Gasteiger partial charge in [-0.3, -0.25) is 9.59 Å². The Morgan fingerprint density at radius 1 is 1.20 bits per heavy atom. The topological polar surface area (TPSA) is 55.4 Å². The van der Waals surface area contributed by atoms with Crippen LogP contribution in [-0.2, 0) is 14.3 Å². The molecule has 1 amide bonds. The third-order valence-corrected chi connectivity index (χ3v) is 2.85. The van der Waals surface area contributed by atoms with Crippen LogP contribution in [0.2, 0.25) is 0 Å². The summed E-state index contributed by atoms with van der Waals surface area (Å²) in [6.45, 7) is 1.52. The van der Waals surface area contributed by atoms with E-state index in [0.717, 1.165) is 17.4 Å². The average Bonchev–Trinajstić information content (AvgIpc) is 2.17. The smallest absolute Gasteiger partial charge is 0.222 e. The Hall–Kier alpha value is 0.560. The molecular formula is C9H15I2NO3. The maximum Gasteiger partial charge on any atom is 0.222 e. The fraction of sp³-hybridized carbons (Fsp3) is 0.778. The largest absolute Gasteiger partial charge is 0.380 e. The van der Waals surface area contributed by atoms with Gasteiger partial charge in [-0.15, -0.1) is 0 Å². The fourth-order valence-corrected chi connectivity index (χ4v) is 1.40. The summed E-state index contributed by atoms with van der Waals surface area (Å²) >= 11 is 4.00. The molecule has 0 radical (unpaired) electrons. The van der Waals surface area contributed by atoms with Crippen molar-refractivity contribution in [1.82, 2.24) is 5.32 Å². The summed E-state index contributed by atoms with van der Waals surface area (Å²) in [5.41, 5.74) is 0. The summed E-state index contributed by atoms with van der Waals surface area (Å²) in [6.07, 6.45) is 1.78. The molecule has 0 aliphatic rings. The second kappa shape index (κ2) is 11.1. The number of alkyl halides is 1. The molecule has 0 saturated heterocycles. The SMILES string of the molecule is O=C(I)CCOCCC(=O)NCCCI. The summed E-state index contributed by atoms with van der Waals surface area (Å²) in [5.74, 6) is 0.0145. The van der Waals surface area contributed by atoms with Gasteiger partial charge in [0.1, 0.15) is 0 Å². The van der Waals surface area contributed by atoms with Crippen molar-refractivity contribution in [2.75, 3.05) is 24.2 Å². The lowest BCUT2D eigenvalue weighted by Gasteiger charge is -2.04. The van der Waals surface area contributed by atoms with Gasteiger partial charge in [0.05, 0.1) is 13.2 Å². The molecule has 0 aromatic carbocycles. The third kappa shape index (κ3) is 12.5. The van der Waals surface area contributed by atoms with Crippen molar-refractivity contribution in [1.29, 1.82) is 0 Å². The maximum atomic E-state index is 11.2. The molecule has 0 aliphatic heterocycles. The maximum absolute atomic E-state index is 11.2. The summed E-state index contributed by atoms with van der Waals surface area (Å²) in [5, 5.41) is 2.79. The molecule has 88 valence electrons. The second-order valence-corrected chi connectivity index (χ2v) is 5.14. The molecule has 0 unspecified atom stereocenters. The van der Waals surface area contributed by atoms with Crippen LogP contribution in [0.3, 0.4) is 0 Å². The normalized spacial score (nSPS) is 10.0. The van der Waals surface area contributed by atoms with Crippen molar-refractivity contribution in [2.24, 2.45) is 0 Å². The van der Waals surface area contributed by atoms with Crippen LogP contribution in [0.4, 0.5) is 0 Å². The zero-order valence-corrected chi connectivity index (χ0v) is 12.7. The first-order chi connectivity index (χ1) is 7.16.